The summed E-state index contributed by atoms with van der Waals surface area (Å²) in [7, 11) is 2.19. The lowest BCUT2D eigenvalue weighted by Crippen LogP contribution is -2.29. The molecule has 1 heterocycles. The average Bonchev–Trinajstić information content (AvgIpc) is 3.28. The van der Waals surface area contributed by atoms with Gasteiger partial charge in [-0.1, -0.05) is 6.07 Å². The van der Waals surface area contributed by atoms with Crippen molar-refractivity contribution >= 4 is 11.8 Å². The first-order chi connectivity index (χ1) is 9.69. The highest BCUT2D eigenvalue weighted by molar-refractivity contribution is 7.98. The lowest BCUT2D eigenvalue weighted by molar-refractivity contribution is 0.242. The molecule has 0 amide bonds. The highest BCUT2D eigenvalue weighted by Crippen LogP contribution is 2.19. The van der Waals surface area contributed by atoms with E-state index in [2.05, 4.69) is 47.6 Å². The van der Waals surface area contributed by atoms with Gasteiger partial charge in [-0.05, 0) is 56.9 Å². The van der Waals surface area contributed by atoms with Crippen molar-refractivity contribution < 1.29 is 0 Å². The van der Waals surface area contributed by atoms with Crippen LogP contribution >= 0.6 is 11.8 Å². The number of nitrogens with one attached hydrogen (secondary N) is 1. The summed E-state index contributed by atoms with van der Waals surface area (Å²) in [5.74, 6) is 1.23. The second kappa shape index (κ2) is 8.01. The molecular weight excluding hydrogens is 266 g/mol. The maximum Gasteiger partial charge on any atom is 0.0544 e. The van der Waals surface area contributed by atoms with Crippen LogP contribution in [0.1, 0.15) is 37.4 Å². The Hall–Kier alpha value is -0.580. The molecule has 1 aliphatic carbocycles. The molecule has 0 bridgehead atoms. The van der Waals surface area contributed by atoms with Crippen LogP contribution in [0.4, 0.5) is 0 Å². The van der Waals surface area contributed by atoms with E-state index in [9.17, 15) is 0 Å². The first-order valence-electron chi connectivity index (χ1n) is 7.55. The van der Waals surface area contributed by atoms with E-state index in [1.54, 1.807) is 0 Å². The second-order valence-electron chi connectivity index (χ2n) is 5.86. The van der Waals surface area contributed by atoms with Gasteiger partial charge in [-0.3, -0.25) is 9.88 Å². The Balaban J connectivity index is 1.76. The van der Waals surface area contributed by atoms with Gasteiger partial charge >= 0.3 is 0 Å². The molecule has 112 valence electrons. The molecule has 1 aromatic rings. The van der Waals surface area contributed by atoms with Crippen molar-refractivity contribution in [2.45, 2.75) is 51.4 Å². The molecule has 2 rings (SSSR count). The van der Waals surface area contributed by atoms with Gasteiger partial charge in [-0.2, -0.15) is 11.8 Å². The van der Waals surface area contributed by atoms with Crippen LogP contribution in [-0.4, -0.2) is 41.0 Å². The Labute approximate surface area is 127 Å². The standard InChI is InChI=1S/C16H27N3S/c1-13(8-9-20-3)19(2)12-16-5-4-14(11-18-16)10-17-15-6-7-15/h4-5,11,13,15,17H,6-10,12H2,1-3H3. The van der Waals surface area contributed by atoms with Crippen LogP contribution in [0.15, 0.2) is 18.3 Å². The molecule has 1 N–H and O–H groups in total. The molecule has 0 saturated heterocycles. The molecule has 1 atom stereocenters. The normalized spacial score (nSPS) is 16.6. The number of hydrogen-bond acceptors (Lipinski definition) is 4. The number of rotatable bonds is 9. The Kier molecular flexibility index (Phi) is 6.33. The molecule has 1 aromatic heterocycles. The fraction of sp³-hybridized carbons (Fsp3) is 0.688. The van der Waals surface area contributed by atoms with Crippen LogP contribution in [0.3, 0.4) is 0 Å². The molecule has 0 radical (unpaired) electrons. The lowest BCUT2D eigenvalue weighted by atomic mass is 10.2. The molecule has 3 nitrogen and oxygen atoms in total. The topological polar surface area (TPSA) is 28.2 Å². The number of nitrogens with zero attached hydrogens (tertiary/aromatic N) is 2. The Bertz CT molecular complexity index is 389. The van der Waals surface area contributed by atoms with Crippen LogP contribution in [0.5, 0.6) is 0 Å². The van der Waals surface area contributed by atoms with Gasteiger partial charge in [0.2, 0.25) is 0 Å². The summed E-state index contributed by atoms with van der Waals surface area (Å²) in [5.41, 5.74) is 2.46. The van der Waals surface area contributed by atoms with Crippen molar-refractivity contribution in [3.63, 3.8) is 0 Å². The smallest absolute Gasteiger partial charge is 0.0544 e. The molecule has 1 aliphatic rings. The average molecular weight is 293 g/mol. The fourth-order valence-corrected chi connectivity index (χ4v) is 2.70. The summed E-state index contributed by atoms with van der Waals surface area (Å²) in [4.78, 5) is 6.98. The zero-order chi connectivity index (χ0) is 14.4. The van der Waals surface area contributed by atoms with E-state index in [4.69, 9.17) is 0 Å². The van der Waals surface area contributed by atoms with E-state index in [1.165, 1.54) is 36.3 Å². The van der Waals surface area contributed by atoms with Gasteiger partial charge < -0.3 is 5.32 Å². The molecule has 1 unspecified atom stereocenters. The van der Waals surface area contributed by atoms with Crippen molar-refractivity contribution in [3.8, 4) is 0 Å². The van der Waals surface area contributed by atoms with E-state index >= 15 is 0 Å². The number of hydrogen-bond donors (Lipinski definition) is 1. The molecule has 4 heteroatoms. The van der Waals surface area contributed by atoms with Gasteiger partial charge in [0, 0.05) is 31.4 Å². The van der Waals surface area contributed by atoms with Crippen LogP contribution in [0, 0.1) is 0 Å². The van der Waals surface area contributed by atoms with Crippen molar-refractivity contribution in [2.75, 3.05) is 19.1 Å². The first kappa shape index (κ1) is 15.8. The molecule has 1 fully saturated rings. The third kappa shape index (κ3) is 5.43. The summed E-state index contributed by atoms with van der Waals surface area (Å²) in [6.45, 7) is 4.19. The van der Waals surface area contributed by atoms with Gasteiger partial charge in [0.05, 0.1) is 5.69 Å². The minimum Gasteiger partial charge on any atom is -0.310 e. The van der Waals surface area contributed by atoms with Crippen LogP contribution in [-0.2, 0) is 13.1 Å². The molecule has 0 spiro atoms. The highest BCUT2D eigenvalue weighted by atomic mass is 32.2. The number of pyridine rings is 1. The van der Waals surface area contributed by atoms with Crippen molar-refractivity contribution in [1.82, 2.24) is 15.2 Å². The maximum atomic E-state index is 4.59. The SMILES string of the molecule is CSCCC(C)N(C)Cc1ccc(CNC2CC2)cn1. The fourth-order valence-electron chi connectivity index (χ4n) is 2.12. The van der Waals surface area contributed by atoms with Crippen LogP contribution in [0.2, 0.25) is 0 Å². The van der Waals surface area contributed by atoms with E-state index in [0.29, 0.717) is 6.04 Å². The summed E-state index contributed by atoms with van der Waals surface area (Å²) in [6, 6.07) is 5.75. The zero-order valence-electron chi connectivity index (χ0n) is 12.9. The number of thioether (sulfide) groups is 1. The van der Waals surface area contributed by atoms with Gasteiger partial charge in [-0.25, -0.2) is 0 Å². The summed E-state index contributed by atoms with van der Waals surface area (Å²) in [5, 5.41) is 3.52. The first-order valence-corrected chi connectivity index (χ1v) is 8.95. The van der Waals surface area contributed by atoms with Crippen LogP contribution in [0.25, 0.3) is 0 Å². The summed E-state index contributed by atoms with van der Waals surface area (Å²) >= 11 is 1.92. The summed E-state index contributed by atoms with van der Waals surface area (Å²) < 4.78 is 0. The van der Waals surface area contributed by atoms with Gasteiger partial charge in [0.1, 0.15) is 0 Å². The zero-order valence-corrected chi connectivity index (χ0v) is 13.7. The van der Waals surface area contributed by atoms with E-state index < -0.39 is 0 Å². The minimum atomic E-state index is 0.612. The number of aromatic nitrogens is 1. The van der Waals surface area contributed by atoms with Crippen molar-refractivity contribution in [2.24, 2.45) is 0 Å². The summed E-state index contributed by atoms with van der Waals surface area (Å²) in [6.07, 6.45) is 8.10. The largest absolute Gasteiger partial charge is 0.310 e. The Morgan fingerprint density at radius 3 is 2.85 bits per heavy atom. The molecule has 0 aliphatic heterocycles. The van der Waals surface area contributed by atoms with Gasteiger partial charge in [-0.15, -0.1) is 0 Å². The van der Waals surface area contributed by atoms with E-state index in [1.807, 2.05) is 18.0 Å². The second-order valence-corrected chi connectivity index (χ2v) is 6.84. The molecular formula is C16H27N3S. The minimum absolute atomic E-state index is 0.612. The third-order valence-electron chi connectivity index (χ3n) is 3.96. The lowest BCUT2D eigenvalue weighted by Gasteiger charge is -2.24. The predicted molar refractivity (Wildman–Crippen MR) is 88.0 cm³/mol. The predicted octanol–water partition coefficient (Wildman–Crippen LogP) is 2.91. The quantitative estimate of drug-likeness (QED) is 0.758. The Morgan fingerprint density at radius 1 is 1.45 bits per heavy atom. The van der Waals surface area contributed by atoms with Crippen LogP contribution < -0.4 is 5.32 Å². The third-order valence-corrected chi connectivity index (χ3v) is 4.61. The van der Waals surface area contributed by atoms with Crippen molar-refractivity contribution in [3.05, 3.63) is 29.6 Å². The molecule has 20 heavy (non-hydrogen) atoms. The van der Waals surface area contributed by atoms with E-state index in [0.717, 1.165) is 19.1 Å². The maximum absolute atomic E-state index is 4.59. The molecule has 0 aromatic carbocycles. The Morgan fingerprint density at radius 2 is 2.25 bits per heavy atom. The van der Waals surface area contributed by atoms with E-state index in [-0.39, 0.29) is 0 Å². The van der Waals surface area contributed by atoms with Gasteiger partial charge in [0.15, 0.2) is 0 Å². The highest BCUT2D eigenvalue weighted by Gasteiger charge is 2.19. The monoisotopic (exact) mass is 293 g/mol. The van der Waals surface area contributed by atoms with Gasteiger partial charge in [0.25, 0.3) is 0 Å². The molecule has 1 saturated carbocycles. The van der Waals surface area contributed by atoms with Crippen molar-refractivity contribution in [1.29, 1.82) is 0 Å².